The molecule has 5 rings (SSSR count). The van der Waals surface area contributed by atoms with Crippen LogP contribution in [0.25, 0.3) is 11.5 Å². The molecule has 1 atom stereocenters. The number of hydrogen-bond acceptors (Lipinski definition) is 7. The van der Waals surface area contributed by atoms with E-state index in [1.807, 2.05) is 19.9 Å². The van der Waals surface area contributed by atoms with Crippen molar-refractivity contribution >= 4 is 17.2 Å². The van der Waals surface area contributed by atoms with Gasteiger partial charge in [-0.2, -0.15) is 20.6 Å². The third kappa shape index (κ3) is 3.38. The van der Waals surface area contributed by atoms with Gasteiger partial charge in [0.2, 0.25) is 5.91 Å². The minimum atomic E-state index is -2.72. The number of halogens is 2. The van der Waals surface area contributed by atoms with E-state index in [1.165, 1.54) is 40.0 Å². The normalized spacial score (nSPS) is 16.7. The number of nitrogens with zero attached hydrogens (tertiary/aromatic N) is 8. The van der Waals surface area contributed by atoms with Gasteiger partial charge in [0.25, 0.3) is 6.43 Å². The van der Waals surface area contributed by atoms with Gasteiger partial charge in [0.1, 0.15) is 17.3 Å². The van der Waals surface area contributed by atoms with Gasteiger partial charge in [-0.3, -0.25) is 4.79 Å². The lowest BCUT2D eigenvalue weighted by atomic mass is 9.88. The first-order valence-electron chi connectivity index (χ1n) is 10.0. The van der Waals surface area contributed by atoms with E-state index in [0.29, 0.717) is 29.0 Å². The molecular weight excluding hydrogens is 432 g/mol. The summed E-state index contributed by atoms with van der Waals surface area (Å²) < 4.78 is 27.8. The number of alkyl halides is 2. The number of pyridine rings is 1. The van der Waals surface area contributed by atoms with Crippen molar-refractivity contribution in [1.29, 1.82) is 5.26 Å². The standard InChI is InChI=1S/C21H17F2N9O/c1-21(2)7-13(14-10-25-16-6-15(18(22)23)30-31(16)17(14)21)20(33)29-12-5-11(8-24)19(26-9-12)32-27-3-4-28-32/h3-6,9-10,13,18H,7H2,1-2H3,(H,29,33)/t13-/m0/s1. The van der Waals surface area contributed by atoms with Crippen LogP contribution < -0.4 is 5.32 Å². The van der Waals surface area contributed by atoms with E-state index in [4.69, 9.17) is 0 Å². The molecule has 0 radical (unpaired) electrons. The average Bonchev–Trinajstić information content (AvgIpc) is 3.51. The molecule has 0 bridgehead atoms. The Morgan fingerprint density at radius 2 is 2.00 bits per heavy atom. The quantitative estimate of drug-likeness (QED) is 0.507. The molecule has 166 valence electrons. The first kappa shape index (κ1) is 20.6. The van der Waals surface area contributed by atoms with Crippen LogP contribution in [-0.4, -0.2) is 40.5 Å². The number of nitriles is 1. The van der Waals surface area contributed by atoms with Crippen molar-refractivity contribution in [2.24, 2.45) is 0 Å². The monoisotopic (exact) mass is 449 g/mol. The van der Waals surface area contributed by atoms with Gasteiger partial charge in [0, 0.05) is 23.2 Å². The third-order valence-electron chi connectivity index (χ3n) is 5.66. The fourth-order valence-corrected chi connectivity index (χ4v) is 4.28. The SMILES string of the molecule is CC1(C)C[C@H](C(=O)Nc2cnc(-n3nccn3)c(C#N)c2)c2cnc3cc(C(F)F)nn3c21. The second-order valence-corrected chi connectivity index (χ2v) is 8.36. The highest BCUT2D eigenvalue weighted by Gasteiger charge is 2.43. The van der Waals surface area contributed by atoms with Gasteiger partial charge < -0.3 is 5.32 Å². The predicted molar refractivity (Wildman–Crippen MR) is 111 cm³/mol. The maximum absolute atomic E-state index is 13.2. The number of carbonyl (C=O) groups is 1. The minimum Gasteiger partial charge on any atom is -0.324 e. The number of anilines is 1. The number of aromatic nitrogens is 7. The Morgan fingerprint density at radius 1 is 1.24 bits per heavy atom. The van der Waals surface area contributed by atoms with Crippen molar-refractivity contribution in [2.45, 2.75) is 38.0 Å². The Kier molecular flexibility index (Phi) is 4.63. The molecule has 0 fully saturated rings. The average molecular weight is 449 g/mol. The Labute approximate surface area is 185 Å². The molecule has 12 heteroatoms. The van der Waals surface area contributed by atoms with Crippen molar-refractivity contribution < 1.29 is 13.6 Å². The molecule has 4 aromatic heterocycles. The number of nitrogens with one attached hydrogen (secondary N) is 1. The summed E-state index contributed by atoms with van der Waals surface area (Å²) in [6.07, 6.45) is 3.62. The van der Waals surface area contributed by atoms with E-state index in [2.05, 4.69) is 30.6 Å². The van der Waals surface area contributed by atoms with E-state index < -0.39 is 17.8 Å². The number of amides is 1. The fourth-order valence-electron chi connectivity index (χ4n) is 4.28. The van der Waals surface area contributed by atoms with Gasteiger partial charge in [0.15, 0.2) is 11.5 Å². The Bertz CT molecular complexity index is 1420. The number of hydrogen-bond donors (Lipinski definition) is 1. The molecule has 1 aliphatic carbocycles. The Hall–Kier alpha value is -4.27. The second kappa shape index (κ2) is 7.40. The Morgan fingerprint density at radius 3 is 2.70 bits per heavy atom. The van der Waals surface area contributed by atoms with E-state index in [9.17, 15) is 18.8 Å². The van der Waals surface area contributed by atoms with Crippen LogP contribution in [0.15, 0.2) is 36.9 Å². The lowest BCUT2D eigenvalue weighted by Gasteiger charge is -2.19. The van der Waals surface area contributed by atoms with Crippen LogP contribution in [0.3, 0.4) is 0 Å². The van der Waals surface area contributed by atoms with Gasteiger partial charge >= 0.3 is 0 Å². The fraction of sp³-hybridized carbons (Fsp3) is 0.286. The predicted octanol–water partition coefficient (Wildman–Crippen LogP) is 2.92. The molecule has 0 saturated carbocycles. The minimum absolute atomic E-state index is 0.190. The third-order valence-corrected chi connectivity index (χ3v) is 5.66. The van der Waals surface area contributed by atoms with Crippen LogP contribution >= 0.6 is 0 Å². The van der Waals surface area contributed by atoms with Crippen molar-refractivity contribution in [1.82, 2.24) is 34.6 Å². The van der Waals surface area contributed by atoms with Crippen LogP contribution in [0.2, 0.25) is 0 Å². The first-order valence-corrected chi connectivity index (χ1v) is 10.0. The molecule has 0 spiro atoms. The zero-order valence-corrected chi connectivity index (χ0v) is 17.6. The first-order chi connectivity index (χ1) is 15.8. The topological polar surface area (TPSA) is 127 Å². The van der Waals surface area contributed by atoms with Crippen LogP contribution in [-0.2, 0) is 10.2 Å². The molecule has 10 nitrogen and oxygen atoms in total. The highest BCUT2D eigenvalue weighted by atomic mass is 19.3. The molecule has 0 aliphatic heterocycles. The summed E-state index contributed by atoms with van der Waals surface area (Å²) in [5, 5.41) is 24.3. The van der Waals surface area contributed by atoms with E-state index in [-0.39, 0.29) is 23.0 Å². The summed E-state index contributed by atoms with van der Waals surface area (Å²) in [6, 6.07) is 4.77. The Balaban J connectivity index is 1.47. The largest absolute Gasteiger partial charge is 0.324 e. The van der Waals surface area contributed by atoms with E-state index in [0.717, 1.165) is 0 Å². The van der Waals surface area contributed by atoms with Crippen LogP contribution in [0, 0.1) is 11.3 Å². The van der Waals surface area contributed by atoms with Gasteiger partial charge in [-0.05, 0) is 12.5 Å². The summed E-state index contributed by atoms with van der Waals surface area (Å²) >= 11 is 0. The molecule has 1 aliphatic rings. The van der Waals surface area contributed by atoms with Crippen LogP contribution in [0.5, 0.6) is 0 Å². The summed E-state index contributed by atoms with van der Waals surface area (Å²) in [7, 11) is 0. The van der Waals surface area contributed by atoms with Gasteiger partial charge in [0.05, 0.1) is 35.9 Å². The molecule has 4 heterocycles. The molecular formula is C21H17F2N9O. The molecule has 1 N–H and O–H groups in total. The van der Waals surface area contributed by atoms with Gasteiger partial charge in [-0.15, -0.1) is 4.80 Å². The highest BCUT2D eigenvalue weighted by Crippen LogP contribution is 2.46. The molecule has 33 heavy (non-hydrogen) atoms. The molecule has 4 aromatic rings. The van der Waals surface area contributed by atoms with Crippen molar-refractivity contribution in [3.05, 3.63) is 59.4 Å². The summed E-state index contributed by atoms with van der Waals surface area (Å²) in [5.41, 5.74) is 1.28. The highest BCUT2D eigenvalue weighted by molar-refractivity contribution is 5.97. The van der Waals surface area contributed by atoms with Crippen molar-refractivity contribution in [2.75, 3.05) is 5.32 Å². The van der Waals surface area contributed by atoms with E-state index >= 15 is 0 Å². The molecule has 0 saturated heterocycles. The van der Waals surface area contributed by atoms with Gasteiger partial charge in [-0.25, -0.2) is 23.3 Å². The number of carbonyl (C=O) groups excluding carboxylic acids is 1. The second-order valence-electron chi connectivity index (χ2n) is 8.36. The lowest BCUT2D eigenvalue weighted by Crippen LogP contribution is -2.22. The molecule has 0 unspecified atom stereocenters. The summed E-state index contributed by atoms with van der Waals surface area (Å²) in [4.78, 5) is 22.9. The summed E-state index contributed by atoms with van der Waals surface area (Å²) in [6.45, 7) is 3.87. The molecule has 1 amide bonds. The van der Waals surface area contributed by atoms with Crippen molar-refractivity contribution in [3.63, 3.8) is 0 Å². The zero-order chi connectivity index (χ0) is 23.3. The lowest BCUT2D eigenvalue weighted by molar-refractivity contribution is -0.117. The van der Waals surface area contributed by atoms with Crippen molar-refractivity contribution in [3.8, 4) is 11.9 Å². The maximum atomic E-state index is 13.2. The maximum Gasteiger partial charge on any atom is 0.282 e. The number of rotatable bonds is 4. The van der Waals surface area contributed by atoms with Crippen LogP contribution in [0.1, 0.15) is 55.1 Å². The smallest absolute Gasteiger partial charge is 0.282 e. The summed E-state index contributed by atoms with van der Waals surface area (Å²) in [5.74, 6) is -0.656. The van der Waals surface area contributed by atoms with Crippen LogP contribution in [0.4, 0.5) is 14.5 Å². The molecule has 0 aromatic carbocycles. The number of fused-ring (bicyclic) bond motifs is 3. The van der Waals surface area contributed by atoms with Gasteiger partial charge in [-0.1, -0.05) is 13.8 Å². The zero-order valence-electron chi connectivity index (χ0n) is 17.6. The van der Waals surface area contributed by atoms with E-state index in [1.54, 1.807) is 6.20 Å².